The second kappa shape index (κ2) is 6.77. The molecule has 0 fully saturated rings. The highest BCUT2D eigenvalue weighted by Crippen LogP contribution is 2.25. The second-order valence-corrected chi connectivity index (χ2v) is 7.99. The third kappa shape index (κ3) is 3.04. The van der Waals surface area contributed by atoms with Crippen molar-refractivity contribution in [2.24, 2.45) is 0 Å². The molecule has 0 radical (unpaired) electrons. The number of carbonyl (C=O) groups excluding carboxylic acids is 1. The molecule has 0 bridgehead atoms. The normalized spacial score (nSPS) is 13.3. The van der Waals surface area contributed by atoms with Gasteiger partial charge in [-0.05, 0) is 54.8 Å². The van der Waals surface area contributed by atoms with Gasteiger partial charge in [0.1, 0.15) is 4.70 Å². The van der Waals surface area contributed by atoms with Crippen molar-refractivity contribution in [3.8, 4) is 0 Å². The molecule has 1 aliphatic carbocycles. The van der Waals surface area contributed by atoms with Crippen molar-refractivity contribution in [1.82, 2.24) is 9.55 Å². The Morgan fingerprint density at radius 2 is 2.12 bits per heavy atom. The van der Waals surface area contributed by atoms with Gasteiger partial charge in [0, 0.05) is 12.1 Å². The molecule has 0 unspecified atom stereocenters. The first-order valence-electron chi connectivity index (χ1n) is 8.43. The highest BCUT2D eigenvalue weighted by atomic mass is 32.2. The number of Topliss-reactive ketones (excluding diaryl/α,β-unsaturated/α-hetero) is 1. The van der Waals surface area contributed by atoms with E-state index in [0.717, 1.165) is 18.4 Å². The summed E-state index contributed by atoms with van der Waals surface area (Å²) < 4.78 is 2.33. The lowest BCUT2D eigenvalue weighted by Crippen LogP contribution is -2.22. The summed E-state index contributed by atoms with van der Waals surface area (Å²) in [5.41, 5.74) is 4.13. The van der Waals surface area contributed by atoms with Gasteiger partial charge in [-0.2, -0.15) is 0 Å². The molecule has 0 amide bonds. The van der Waals surface area contributed by atoms with Crippen LogP contribution in [0.1, 0.15) is 34.8 Å². The number of fused-ring (bicyclic) bond motifs is 2. The van der Waals surface area contributed by atoms with E-state index in [-0.39, 0.29) is 11.3 Å². The zero-order valence-electron chi connectivity index (χ0n) is 13.9. The molecule has 2 heterocycles. The van der Waals surface area contributed by atoms with Crippen LogP contribution in [0, 0.1) is 0 Å². The predicted molar refractivity (Wildman–Crippen MR) is 103 cm³/mol. The van der Waals surface area contributed by atoms with Crippen LogP contribution >= 0.6 is 23.1 Å². The van der Waals surface area contributed by atoms with Crippen LogP contribution in [0.3, 0.4) is 0 Å². The maximum Gasteiger partial charge on any atom is 0.272 e. The Kier molecular flexibility index (Phi) is 4.48. The number of hydrogen-bond acceptors (Lipinski definition) is 5. The van der Waals surface area contributed by atoms with Gasteiger partial charge in [-0.15, -0.1) is 11.3 Å². The summed E-state index contributed by atoms with van der Waals surface area (Å²) >= 11 is 2.76. The number of benzene rings is 1. The Hall–Kier alpha value is -1.92. The van der Waals surface area contributed by atoms with Gasteiger partial charge in [0.15, 0.2) is 10.9 Å². The topological polar surface area (TPSA) is 52.0 Å². The fourth-order valence-corrected chi connectivity index (χ4v) is 5.01. The van der Waals surface area contributed by atoms with Crippen LogP contribution in [-0.4, -0.2) is 21.1 Å². The Morgan fingerprint density at radius 3 is 2.96 bits per heavy atom. The molecular formula is C19H18N2O2S2. The van der Waals surface area contributed by atoms with Crippen LogP contribution in [-0.2, 0) is 19.4 Å². The lowest BCUT2D eigenvalue weighted by molar-refractivity contribution is 0.102. The summed E-state index contributed by atoms with van der Waals surface area (Å²) in [4.78, 5) is 29.7. The molecule has 0 spiro atoms. The number of thioether (sulfide) groups is 1. The van der Waals surface area contributed by atoms with Crippen molar-refractivity contribution in [1.29, 1.82) is 0 Å². The van der Waals surface area contributed by atoms with Gasteiger partial charge >= 0.3 is 0 Å². The van der Waals surface area contributed by atoms with Crippen molar-refractivity contribution in [2.45, 2.75) is 37.9 Å². The maximum absolute atomic E-state index is 12.6. The number of aromatic nitrogens is 2. The van der Waals surface area contributed by atoms with Gasteiger partial charge in [-0.3, -0.25) is 14.2 Å². The Balaban J connectivity index is 1.57. The first-order chi connectivity index (χ1) is 12.2. The van der Waals surface area contributed by atoms with Gasteiger partial charge in [0.25, 0.3) is 5.56 Å². The largest absolute Gasteiger partial charge is 0.293 e. The van der Waals surface area contributed by atoms with Crippen molar-refractivity contribution in [3.63, 3.8) is 0 Å². The minimum Gasteiger partial charge on any atom is -0.293 e. The molecule has 25 heavy (non-hydrogen) atoms. The summed E-state index contributed by atoms with van der Waals surface area (Å²) in [6.07, 6.45) is 3.36. The van der Waals surface area contributed by atoms with E-state index >= 15 is 0 Å². The third-order valence-electron chi connectivity index (χ3n) is 4.60. The van der Waals surface area contributed by atoms with Crippen LogP contribution in [0.5, 0.6) is 0 Å². The zero-order chi connectivity index (χ0) is 17.4. The summed E-state index contributed by atoms with van der Waals surface area (Å²) in [6.45, 7) is 2.48. The first-order valence-corrected chi connectivity index (χ1v) is 10.3. The van der Waals surface area contributed by atoms with Crippen molar-refractivity contribution < 1.29 is 4.79 Å². The zero-order valence-corrected chi connectivity index (χ0v) is 15.6. The SMILES string of the molecule is CCn1c(SCC(=O)c2ccc3c(c2)CCC3)nc2ccsc2c1=O. The van der Waals surface area contributed by atoms with Crippen LogP contribution in [0.4, 0.5) is 0 Å². The van der Waals surface area contributed by atoms with Crippen LogP contribution in [0.25, 0.3) is 10.2 Å². The molecule has 3 aromatic rings. The van der Waals surface area contributed by atoms with E-state index in [2.05, 4.69) is 11.1 Å². The number of aryl methyl sites for hydroxylation is 2. The summed E-state index contributed by atoms with van der Waals surface area (Å²) in [5, 5.41) is 2.50. The minimum atomic E-state index is -0.0185. The molecule has 1 aromatic carbocycles. The molecule has 1 aliphatic rings. The quantitative estimate of drug-likeness (QED) is 0.388. The van der Waals surface area contributed by atoms with Gasteiger partial charge in [-0.25, -0.2) is 4.98 Å². The average Bonchev–Trinajstić information content (AvgIpc) is 3.28. The third-order valence-corrected chi connectivity index (χ3v) is 6.47. The van der Waals surface area contributed by atoms with Gasteiger partial charge in [0.2, 0.25) is 0 Å². The molecule has 0 N–H and O–H groups in total. The second-order valence-electron chi connectivity index (χ2n) is 6.13. The maximum atomic E-state index is 12.6. The smallest absolute Gasteiger partial charge is 0.272 e. The van der Waals surface area contributed by atoms with E-state index in [1.807, 2.05) is 30.5 Å². The Bertz CT molecular complexity index is 1020. The monoisotopic (exact) mass is 370 g/mol. The van der Waals surface area contributed by atoms with Crippen molar-refractivity contribution in [3.05, 3.63) is 56.7 Å². The Labute approximate surface area is 153 Å². The van der Waals surface area contributed by atoms with Gasteiger partial charge in [-0.1, -0.05) is 23.9 Å². The molecule has 0 saturated carbocycles. The molecule has 0 atom stereocenters. The van der Waals surface area contributed by atoms with E-state index in [0.29, 0.717) is 27.7 Å². The first kappa shape index (κ1) is 16.5. The number of thiophene rings is 1. The summed E-state index contributed by atoms with van der Waals surface area (Å²) in [7, 11) is 0. The molecule has 6 heteroatoms. The molecular weight excluding hydrogens is 352 g/mol. The average molecular weight is 370 g/mol. The molecule has 4 rings (SSSR count). The van der Waals surface area contributed by atoms with Crippen molar-refractivity contribution >= 4 is 39.1 Å². The minimum absolute atomic E-state index is 0.0185. The number of ketones is 1. The number of carbonyl (C=O) groups is 1. The van der Waals surface area contributed by atoms with Crippen LogP contribution in [0.2, 0.25) is 0 Å². The lowest BCUT2D eigenvalue weighted by Gasteiger charge is -2.09. The standard InChI is InChI=1S/C19H18N2O2S2/c1-2-21-18(23)17-15(8-9-24-17)20-19(21)25-11-16(22)14-7-6-12-4-3-5-13(12)10-14/h6-10H,2-5,11H2,1H3. The molecule has 0 aliphatic heterocycles. The van der Waals surface area contributed by atoms with E-state index < -0.39 is 0 Å². The van der Waals surface area contributed by atoms with E-state index in [1.54, 1.807) is 4.57 Å². The number of hydrogen-bond donors (Lipinski definition) is 0. The van der Waals surface area contributed by atoms with Gasteiger partial charge < -0.3 is 0 Å². The lowest BCUT2D eigenvalue weighted by atomic mass is 10.0. The number of nitrogens with zero attached hydrogens (tertiary/aromatic N) is 2. The molecule has 2 aromatic heterocycles. The highest BCUT2D eigenvalue weighted by molar-refractivity contribution is 7.99. The number of rotatable bonds is 5. The van der Waals surface area contributed by atoms with Crippen LogP contribution in [0.15, 0.2) is 39.6 Å². The van der Waals surface area contributed by atoms with E-state index in [9.17, 15) is 9.59 Å². The van der Waals surface area contributed by atoms with Gasteiger partial charge in [0.05, 0.1) is 11.3 Å². The molecule has 4 nitrogen and oxygen atoms in total. The van der Waals surface area contributed by atoms with Crippen LogP contribution < -0.4 is 5.56 Å². The molecule has 128 valence electrons. The fraction of sp³-hybridized carbons (Fsp3) is 0.316. The highest BCUT2D eigenvalue weighted by Gasteiger charge is 2.16. The van der Waals surface area contributed by atoms with E-state index in [4.69, 9.17) is 0 Å². The van der Waals surface area contributed by atoms with E-state index in [1.165, 1.54) is 40.6 Å². The van der Waals surface area contributed by atoms with Crippen molar-refractivity contribution in [2.75, 3.05) is 5.75 Å². The predicted octanol–water partition coefficient (Wildman–Crippen LogP) is 3.94. The Morgan fingerprint density at radius 1 is 1.28 bits per heavy atom. The summed E-state index contributed by atoms with van der Waals surface area (Å²) in [6, 6.07) is 7.90. The summed E-state index contributed by atoms with van der Waals surface area (Å²) in [5.74, 6) is 0.378. The fourth-order valence-electron chi connectivity index (χ4n) is 3.27. The molecule has 0 saturated heterocycles.